The molecule has 0 radical (unpaired) electrons. The zero-order chi connectivity index (χ0) is 20.6. The molecular weight excluding hydrogens is 376 g/mol. The lowest BCUT2D eigenvalue weighted by molar-refractivity contribution is 0.0743. The van der Waals surface area contributed by atoms with Gasteiger partial charge in [0, 0.05) is 24.4 Å². The van der Waals surface area contributed by atoms with Gasteiger partial charge in [0.05, 0.1) is 11.4 Å². The van der Waals surface area contributed by atoms with Crippen LogP contribution in [0.15, 0.2) is 47.4 Å². The van der Waals surface area contributed by atoms with Gasteiger partial charge < -0.3 is 9.88 Å². The minimum Gasteiger partial charge on any atom is -0.335 e. The number of aromatic nitrogens is 1. The Morgan fingerprint density at radius 3 is 2.36 bits per heavy atom. The Balaban J connectivity index is 2.02. The molecule has 2 aromatic carbocycles. The number of nitrogens with one attached hydrogen (secondary N) is 1. The van der Waals surface area contributed by atoms with E-state index in [1.807, 2.05) is 0 Å². The van der Waals surface area contributed by atoms with Gasteiger partial charge in [-0.25, -0.2) is 17.6 Å². The first kappa shape index (κ1) is 19.6. The number of H-pyrrole nitrogens is 1. The van der Waals surface area contributed by atoms with Gasteiger partial charge in [0.25, 0.3) is 17.9 Å². The van der Waals surface area contributed by atoms with E-state index in [9.17, 15) is 27.2 Å². The van der Waals surface area contributed by atoms with Crippen molar-refractivity contribution >= 4 is 16.7 Å². The van der Waals surface area contributed by atoms with E-state index in [0.29, 0.717) is 5.56 Å². The van der Waals surface area contributed by atoms with Crippen LogP contribution in [-0.2, 0) is 0 Å². The number of fused-ring (bicyclic) bond motifs is 1. The summed E-state index contributed by atoms with van der Waals surface area (Å²) in [6, 6.07) is 6.15. The molecule has 28 heavy (non-hydrogen) atoms. The number of benzene rings is 2. The van der Waals surface area contributed by atoms with Gasteiger partial charge in [-0.3, -0.25) is 9.59 Å². The Morgan fingerprint density at radius 1 is 1.07 bits per heavy atom. The number of amides is 1. The summed E-state index contributed by atoms with van der Waals surface area (Å²) in [7, 11) is 1.46. The molecule has 8 heteroatoms. The van der Waals surface area contributed by atoms with Crippen molar-refractivity contribution in [1.82, 2.24) is 9.88 Å². The van der Waals surface area contributed by atoms with Gasteiger partial charge in [-0.05, 0) is 42.1 Å². The second kappa shape index (κ2) is 7.46. The van der Waals surface area contributed by atoms with Crippen LogP contribution in [0.4, 0.5) is 17.6 Å². The third-order valence-corrected chi connectivity index (χ3v) is 4.71. The van der Waals surface area contributed by atoms with Crippen LogP contribution in [0.25, 0.3) is 10.8 Å². The standard InChI is InChI=1S/C20H16F4N2O2/c1-10(26(2)20(28)12-5-3-4-11(6-12)18(23)24)15-9-25-19(27)14-8-17(22)16(21)7-13(14)15/h3-10,18H,1-2H3,(H,25,27). The van der Waals surface area contributed by atoms with Gasteiger partial charge in [-0.15, -0.1) is 0 Å². The molecule has 0 bridgehead atoms. The molecule has 3 rings (SSSR count). The van der Waals surface area contributed by atoms with Crippen LogP contribution in [0.2, 0.25) is 0 Å². The molecule has 0 fully saturated rings. The number of halogens is 4. The minimum absolute atomic E-state index is 0.0520. The van der Waals surface area contributed by atoms with Crippen molar-refractivity contribution in [3.8, 4) is 0 Å². The van der Waals surface area contributed by atoms with E-state index in [-0.39, 0.29) is 21.9 Å². The van der Waals surface area contributed by atoms with E-state index in [2.05, 4.69) is 4.98 Å². The van der Waals surface area contributed by atoms with E-state index in [0.717, 1.165) is 18.2 Å². The maximum Gasteiger partial charge on any atom is 0.263 e. The molecule has 1 unspecified atom stereocenters. The average Bonchev–Trinajstić information content (AvgIpc) is 2.68. The molecule has 146 valence electrons. The molecular formula is C20H16F4N2O2. The fraction of sp³-hybridized carbons (Fsp3) is 0.200. The highest BCUT2D eigenvalue weighted by molar-refractivity contribution is 5.95. The number of alkyl halides is 2. The Kier molecular flexibility index (Phi) is 5.22. The lowest BCUT2D eigenvalue weighted by atomic mass is 10.0. The lowest BCUT2D eigenvalue weighted by Gasteiger charge is -2.26. The second-order valence-electron chi connectivity index (χ2n) is 6.40. The van der Waals surface area contributed by atoms with Crippen molar-refractivity contribution in [3.05, 3.63) is 81.3 Å². The van der Waals surface area contributed by atoms with Gasteiger partial charge >= 0.3 is 0 Å². The third-order valence-electron chi connectivity index (χ3n) is 4.71. The van der Waals surface area contributed by atoms with Crippen molar-refractivity contribution in [2.45, 2.75) is 19.4 Å². The summed E-state index contributed by atoms with van der Waals surface area (Å²) in [5, 5.41) is 0.111. The first-order chi connectivity index (χ1) is 13.2. The molecule has 1 aromatic heterocycles. The monoisotopic (exact) mass is 392 g/mol. The van der Waals surface area contributed by atoms with E-state index < -0.39 is 35.6 Å². The molecule has 3 aromatic rings. The zero-order valence-corrected chi connectivity index (χ0v) is 15.0. The van der Waals surface area contributed by atoms with Gasteiger partial charge in [-0.2, -0.15) is 0 Å². The van der Waals surface area contributed by atoms with Gasteiger partial charge in [0.15, 0.2) is 11.6 Å². The summed E-state index contributed by atoms with van der Waals surface area (Å²) in [5.74, 6) is -2.81. The Bertz CT molecular complexity index is 1110. The van der Waals surface area contributed by atoms with Gasteiger partial charge in [0.1, 0.15) is 0 Å². The highest BCUT2D eigenvalue weighted by Crippen LogP contribution is 2.28. The number of carbonyl (C=O) groups excluding carboxylic acids is 1. The summed E-state index contributed by atoms with van der Waals surface area (Å²) in [5.41, 5.74) is -0.421. The molecule has 0 saturated heterocycles. The predicted octanol–water partition coefficient (Wildman–Crippen LogP) is 4.58. The lowest BCUT2D eigenvalue weighted by Crippen LogP contribution is -2.30. The van der Waals surface area contributed by atoms with Crippen LogP contribution in [0.3, 0.4) is 0 Å². The first-order valence-corrected chi connectivity index (χ1v) is 8.36. The predicted molar refractivity (Wildman–Crippen MR) is 96.4 cm³/mol. The molecule has 0 aliphatic carbocycles. The zero-order valence-electron chi connectivity index (χ0n) is 15.0. The number of hydrogen-bond donors (Lipinski definition) is 1. The van der Waals surface area contributed by atoms with E-state index in [1.165, 1.54) is 36.3 Å². The van der Waals surface area contributed by atoms with Crippen molar-refractivity contribution in [1.29, 1.82) is 0 Å². The van der Waals surface area contributed by atoms with Gasteiger partial charge in [0.2, 0.25) is 0 Å². The SMILES string of the molecule is CC(c1c[nH]c(=O)c2cc(F)c(F)cc12)N(C)C(=O)c1cccc(C(F)F)c1. The Labute approximate surface area is 157 Å². The maximum absolute atomic E-state index is 13.7. The van der Waals surface area contributed by atoms with Crippen molar-refractivity contribution in [2.75, 3.05) is 7.05 Å². The quantitative estimate of drug-likeness (QED) is 0.661. The molecule has 4 nitrogen and oxygen atoms in total. The largest absolute Gasteiger partial charge is 0.335 e. The minimum atomic E-state index is -2.71. The molecule has 0 aliphatic rings. The van der Waals surface area contributed by atoms with Crippen molar-refractivity contribution in [3.63, 3.8) is 0 Å². The van der Waals surface area contributed by atoms with Crippen LogP contribution in [0.1, 0.15) is 40.9 Å². The average molecular weight is 392 g/mol. The van der Waals surface area contributed by atoms with Crippen LogP contribution in [-0.4, -0.2) is 22.8 Å². The van der Waals surface area contributed by atoms with Crippen molar-refractivity contribution in [2.24, 2.45) is 0 Å². The Morgan fingerprint density at radius 2 is 1.71 bits per heavy atom. The highest BCUT2D eigenvalue weighted by Gasteiger charge is 2.23. The fourth-order valence-corrected chi connectivity index (χ4v) is 3.01. The summed E-state index contributed by atoms with van der Waals surface area (Å²) in [4.78, 5) is 28.4. The molecule has 1 N–H and O–H groups in total. The number of aromatic amines is 1. The van der Waals surface area contributed by atoms with Crippen LogP contribution >= 0.6 is 0 Å². The first-order valence-electron chi connectivity index (χ1n) is 8.36. The molecule has 0 spiro atoms. The number of pyridine rings is 1. The smallest absolute Gasteiger partial charge is 0.263 e. The summed E-state index contributed by atoms with van der Waals surface area (Å²) >= 11 is 0. The van der Waals surface area contributed by atoms with E-state index >= 15 is 0 Å². The summed E-state index contributed by atoms with van der Waals surface area (Å²) < 4.78 is 53.0. The highest BCUT2D eigenvalue weighted by atomic mass is 19.3. The fourth-order valence-electron chi connectivity index (χ4n) is 3.01. The van der Waals surface area contributed by atoms with Crippen LogP contribution in [0.5, 0.6) is 0 Å². The normalized spacial score (nSPS) is 12.4. The number of carbonyl (C=O) groups is 1. The van der Waals surface area contributed by atoms with Gasteiger partial charge in [-0.1, -0.05) is 12.1 Å². The third kappa shape index (κ3) is 3.49. The topological polar surface area (TPSA) is 53.2 Å². The number of nitrogens with zero attached hydrogens (tertiary/aromatic N) is 1. The number of rotatable bonds is 4. The number of hydrogen-bond acceptors (Lipinski definition) is 2. The second-order valence-corrected chi connectivity index (χ2v) is 6.40. The summed E-state index contributed by atoms with van der Waals surface area (Å²) in [6.07, 6.45) is -1.39. The van der Waals surface area contributed by atoms with Crippen LogP contribution in [0, 0.1) is 11.6 Å². The molecule has 1 amide bonds. The molecule has 1 atom stereocenters. The maximum atomic E-state index is 13.7. The van der Waals surface area contributed by atoms with E-state index in [1.54, 1.807) is 6.92 Å². The molecule has 0 saturated carbocycles. The summed E-state index contributed by atoms with van der Waals surface area (Å²) in [6.45, 7) is 1.63. The van der Waals surface area contributed by atoms with Crippen LogP contribution < -0.4 is 5.56 Å². The molecule has 0 aliphatic heterocycles. The molecule has 1 heterocycles. The van der Waals surface area contributed by atoms with E-state index in [4.69, 9.17) is 0 Å². The van der Waals surface area contributed by atoms with Crippen molar-refractivity contribution < 1.29 is 22.4 Å². The Hall–Kier alpha value is -3.16.